The van der Waals surface area contributed by atoms with Crippen LogP contribution in [0.15, 0.2) is 92.0 Å². The summed E-state index contributed by atoms with van der Waals surface area (Å²) < 4.78 is 13.8. The molecule has 0 amide bonds. The lowest BCUT2D eigenvalue weighted by molar-refractivity contribution is 0.0513. The van der Waals surface area contributed by atoms with E-state index in [1.54, 1.807) is 62.4 Å². The molecular weight excluding hydrogens is 837 g/mol. The van der Waals surface area contributed by atoms with Crippen LogP contribution >= 0.6 is 0 Å². The lowest BCUT2D eigenvalue weighted by Crippen LogP contribution is -2.31. The molecule has 3 aromatic carbocycles. The first-order valence-corrected chi connectivity index (χ1v) is 23.0. The monoisotopic (exact) mass is 896 g/mol. The van der Waals surface area contributed by atoms with Crippen molar-refractivity contribution in [3.05, 3.63) is 148 Å². The van der Waals surface area contributed by atoms with Crippen LogP contribution in [-0.4, -0.2) is 44.3 Å². The molecule has 66 heavy (non-hydrogen) atoms. The van der Waals surface area contributed by atoms with E-state index in [0.29, 0.717) is 58.4 Å². The molecule has 2 heterocycles. The predicted octanol–water partition coefficient (Wildman–Crippen LogP) is 8.75. The molecule has 0 unspecified atom stereocenters. The number of nitrogens with one attached hydrogen (secondary N) is 4. The minimum absolute atomic E-state index is 0.114. The number of hydrogen-bond donors (Lipinski definition) is 4. The van der Waals surface area contributed by atoms with Gasteiger partial charge in [-0.3, -0.25) is 28.7 Å². The Hall–Kier alpha value is -7.32. The van der Waals surface area contributed by atoms with E-state index in [9.17, 15) is 28.8 Å². The fourth-order valence-corrected chi connectivity index (χ4v) is 7.21. The Balaban J connectivity index is 1.37. The van der Waals surface area contributed by atoms with Gasteiger partial charge in [-0.2, -0.15) is 0 Å². The molecule has 5 rings (SSSR count). The van der Waals surface area contributed by atoms with Crippen molar-refractivity contribution in [3.63, 3.8) is 0 Å². The van der Waals surface area contributed by atoms with Crippen LogP contribution in [0.3, 0.4) is 0 Å². The number of carbonyl (C=O) groups is 2. The van der Waals surface area contributed by atoms with E-state index in [-0.39, 0.29) is 24.3 Å². The second kappa shape index (κ2) is 25.8. The molecule has 2 aromatic heterocycles. The second-order valence-electron chi connectivity index (χ2n) is 15.8. The Morgan fingerprint density at radius 1 is 0.500 bits per heavy atom. The number of H-pyrrole nitrogens is 2. The molecule has 4 N–H and O–H groups in total. The average molecular weight is 897 g/mol. The van der Waals surface area contributed by atoms with Gasteiger partial charge in [0, 0.05) is 47.7 Å². The van der Waals surface area contributed by atoms with Crippen LogP contribution in [0, 0.1) is 23.7 Å². The molecule has 0 fully saturated rings. The van der Waals surface area contributed by atoms with Crippen LogP contribution in [-0.2, 0) is 22.6 Å². The highest BCUT2D eigenvalue weighted by molar-refractivity contribution is 6.04. The standard InChI is InChI=1S/C52H60N6O8/c1-5-9-11-13-15-17-31-57-41(33-47(59)55-51(57)63)29-23-37-19-25-39(26-20-37)53-45-35-44(50(62)66-8-4)46(36-43(45)49(61)65-7-3)54-40-27-21-38(22-28-40)24-30-42-34-48(60)56-52(64)58(42)32-18-16-14-12-10-6-2/h19-22,25-28,33-36,53-54H,5-18,31-32H2,1-4H3,(H,55,59,63)(H,56,60,64). The van der Waals surface area contributed by atoms with Crippen LogP contribution in [0.5, 0.6) is 0 Å². The lowest BCUT2D eigenvalue weighted by Gasteiger charge is -2.18. The van der Waals surface area contributed by atoms with Crippen LogP contribution < -0.4 is 33.1 Å². The average Bonchev–Trinajstić information content (AvgIpc) is 3.29. The summed E-state index contributed by atoms with van der Waals surface area (Å²) in [6.07, 6.45) is 12.7. The maximum atomic E-state index is 13.4. The fraction of sp³-hybridized carbons (Fsp3) is 0.385. The number of anilines is 4. The first-order valence-electron chi connectivity index (χ1n) is 23.0. The van der Waals surface area contributed by atoms with Crippen molar-refractivity contribution < 1.29 is 19.1 Å². The van der Waals surface area contributed by atoms with Crippen molar-refractivity contribution in [1.82, 2.24) is 19.1 Å². The summed E-state index contributed by atoms with van der Waals surface area (Å²) in [6, 6.07) is 19.8. The van der Waals surface area contributed by atoms with Crippen LogP contribution in [0.2, 0.25) is 0 Å². The topological polar surface area (TPSA) is 186 Å². The third-order valence-corrected chi connectivity index (χ3v) is 10.7. The highest BCUT2D eigenvalue weighted by atomic mass is 16.5. The fourth-order valence-electron chi connectivity index (χ4n) is 7.21. The Labute approximate surface area is 385 Å². The van der Waals surface area contributed by atoms with E-state index >= 15 is 0 Å². The molecule has 0 atom stereocenters. The van der Waals surface area contributed by atoms with E-state index in [1.165, 1.54) is 46.2 Å². The molecule has 0 saturated heterocycles. The van der Waals surface area contributed by atoms with Crippen molar-refractivity contribution in [1.29, 1.82) is 0 Å². The molecule has 0 saturated carbocycles. The van der Waals surface area contributed by atoms with Gasteiger partial charge in [-0.05, 0) is 99.2 Å². The minimum Gasteiger partial charge on any atom is -0.462 e. The van der Waals surface area contributed by atoms with Crippen LogP contribution in [0.25, 0.3) is 0 Å². The van der Waals surface area contributed by atoms with Crippen molar-refractivity contribution >= 4 is 34.7 Å². The molecule has 0 aliphatic heterocycles. The van der Waals surface area contributed by atoms with Gasteiger partial charge in [0.05, 0.1) is 35.7 Å². The molecule has 0 spiro atoms. The number of rotatable bonds is 22. The first-order chi connectivity index (χ1) is 32.0. The number of benzene rings is 3. The van der Waals surface area contributed by atoms with Crippen LogP contribution in [0.4, 0.5) is 22.7 Å². The Morgan fingerprint density at radius 2 is 0.864 bits per heavy atom. The third kappa shape index (κ3) is 14.9. The first kappa shape index (κ1) is 49.7. The van der Waals surface area contributed by atoms with Gasteiger partial charge in [-0.1, -0.05) is 89.9 Å². The molecule has 0 bridgehead atoms. The number of aromatic nitrogens is 4. The van der Waals surface area contributed by atoms with Gasteiger partial charge in [0.1, 0.15) is 11.4 Å². The summed E-state index contributed by atoms with van der Waals surface area (Å²) in [4.78, 5) is 81.3. The highest BCUT2D eigenvalue weighted by Gasteiger charge is 2.22. The SMILES string of the molecule is CCCCCCCCn1c(C#Cc2ccc(Nc3cc(C(=O)OCC)c(Nc4ccc(C#Cc5cc(=O)[nH]c(=O)n5CCCCCCCC)cc4)cc3C(=O)OCC)cc2)cc(=O)[nH]c1=O. The summed E-state index contributed by atoms with van der Waals surface area (Å²) in [7, 11) is 0. The van der Waals surface area contributed by atoms with Crippen LogP contribution in [0.1, 0.15) is 148 Å². The van der Waals surface area contributed by atoms with E-state index in [0.717, 1.165) is 64.2 Å². The predicted molar refractivity (Wildman–Crippen MR) is 259 cm³/mol. The second-order valence-corrected chi connectivity index (χ2v) is 15.8. The van der Waals surface area contributed by atoms with E-state index in [1.807, 2.05) is 0 Å². The smallest absolute Gasteiger partial charge is 0.340 e. The molecular formula is C52H60N6O8. The Bertz CT molecular complexity index is 2600. The van der Waals surface area contributed by atoms with Gasteiger partial charge in [-0.25, -0.2) is 19.2 Å². The molecule has 0 aliphatic rings. The zero-order chi connectivity index (χ0) is 47.3. The summed E-state index contributed by atoms with van der Waals surface area (Å²) >= 11 is 0. The Morgan fingerprint density at radius 3 is 1.23 bits per heavy atom. The van der Waals surface area contributed by atoms with Gasteiger partial charge >= 0.3 is 23.3 Å². The van der Waals surface area contributed by atoms with Crippen molar-refractivity contribution in [3.8, 4) is 23.7 Å². The molecule has 14 nitrogen and oxygen atoms in total. The molecule has 0 aliphatic carbocycles. The van der Waals surface area contributed by atoms with E-state index in [2.05, 4.69) is 58.1 Å². The minimum atomic E-state index is -0.619. The summed E-state index contributed by atoms with van der Waals surface area (Å²) in [5, 5.41) is 6.48. The van der Waals surface area contributed by atoms with E-state index < -0.39 is 34.4 Å². The summed E-state index contributed by atoms with van der Waals surface area (Å²) in [5.74, 6) is 10.9. The maximum absolute atomic E-state index is 13.4. The van der Waals surface area contributed by atoms with Gasteiger partial charge in [0.15, 0.2) is 0 Å². The van der Waals surface area contributed by atoms with Gasteiger partial charge in [0.2, 0.25) is 0 Å². The lowest BCUT2D eigenvalue weighted by atomic mass is 10.0. The normalized spacial score (nSPS) is 10.6. The molecule has 346 valence electrons. The quantitative estimate of drug-likeness (QED) is 0.0297. The Kier molecular flexibility index (Phi) is 19.5. The number of esters is 2. The number of carbonyl (C=O) groups excluding carboxylic acids is 2. The van der Waals surface area contributed by atoms with E-state index in [4.69, 9.17) is 9.47 Å². The summed E-state index contributed by atoms with van der Waals surface area (Å²) in [6.45, 7) is 8.86. The number of aromatic amines is 2. The van der Waals surface area contributed by atoms with Gasteiger partial charge < -0.3 is 20.1 Å². The zero-order valence-corrected chi connectivity index (χ0v) is 38.4. The number of hydrogen-bond acceptors (Lipinski definition) is 10. The maximum Gasteiger partial charge on any atom is 0.340 e. The van der Waals surface area contributed by atoms with Gasteiger partial charge in [-0.15, -0.1) is 0 Å². The van der Waals surface area contributed by atoms with Crippen molar-refractivity contribution in [2.45, 2.75) is 118 Å². The van der Waals surface area contributed by atoms with Gasteiger partial charge in [0.25, 0.3) is 11.1 Å². The molecule has 0 radical (unpaired) electrons. The third-order valence-electron chi connectivity index (χ3n) is 10.7. The van der Waals surface area contributed by atoms with Crippen molar-refractivity contribution in [2.75, 3.05) is 23.8 Å². The number of nitrogens with zero attached hydrogens (tertiary/aromatic N) is 2. The van der Waals surface area contributed by atoms with Crippen molar-refractivity contribution in [2.24, 2.45) is 0 Å². The highest BCUT2D eigenvalue weighted by Crippen LogP contribution is 2.32. The molecule has 5 aromatic rings. The number of unbranched alkanes of at least 4 members (excludes halogenated alkanes) is 10. The molecule has 14 heteroatoms. The zero-order valence-electron chi connectivity index (χ0n) is 38.4. The summed E-state index contributed by atoms with van der Waals surface area (Å²) in [5.41, 5.74) is 1.94. The number of ether oxygens (including phenoxy) is 2. The largest absolute Gasteiger partial charge is 0.462 e.